The van der Waals surface area contributed by atoms with Crippen LogP contribution in [0.3, 0.4) is 0 Å². The Balaban J connectivity index is 2.55. The van der Waals surface area contributed by atoms with Gasteiger partial charge >= 0.3 is 0 Å². The molecule has 0 aromatic heterocycles. The van der Waals surface area contributed by atoms with E-state index < -0.39 is 0 Å². The van der Waals surface area contributed by atoms with Gasteiger partial charge < -0.3 is 5.73 Å². The van der Waals surface area contributed by atoms with Crippen LogP contribution in [0.1, 0.15) is 56.2 Å². The molecular formula is C19H23BrN2. The summed E-state index contributed by atoms with van der Waals surface area (Å²) in [6, 6.07) is 14.3. The number of nitrogens with two attached hydrogens (primary N) is 1. The number of hydrogen-bond acceptors (Lipinski definition) is 1. The zero-order valence-electron chi connectivity index (χ0n) is 13.6. The minimum atomic E-state index is 0.412. The zero-order valence-corrected chi connectivity index (χ0v) is 15.2. The molecule has 2 rings (SSSR count). The summed E-state index contributed by atoms with van der Waals surface area (Å²) in [5.41, 5.74) is 10.7. The second kappa shape index (κ2) is 7.10. The number of rotatable bonds is 4. The van der Waals surface area contributed by atoms with Crippen LogP contribution in [-0.2, 0) is 0 Å². The fourth-order valence-corrected chi connectivity index (χ4v) is 2.71. The molecule has 0 amide bonds. The SMILES string of the molecule is CC(C)c1cccc(C(C)C)c1N=C(N)c1ccc(Br)cc1. The number of amidine groups is 1. The fourth-order valence-electron chi connectivity index (χ4n) is 2.45. The predicted octanol–water partition coefficient (Wildman–Crippen LogP) is 5.73. The second-order valence-electron chi connectivity index (χ2n) is 6.10. The van der Waals surface area contributed by atoms with E-state index in [2.05, 4.69) is 61.8 Å². The topological polar surface area (TPSA) is 38.4 Å². The standard InChI is InChI=1S/C19H23BrN2/c1-12(2)16-6-5-7-17(13(3)4)18(16)22-19(21)14-8-10-15(20)11-9-14/h5-13H,1-4H3,(H2,21,22). The molecular weight excluding hydrogens is 336 g/mol. The zero-order chi connectivity index (χ0) is 16.3. The molecule has 0 bridgehead atoms. The largest absolute Gasteiger partial charge is 0.383 e. The van der Waals surface area contributed by atoms with Gasteiger partial charge in [-0.25, -0.2) is 4.99 Å². The molecule has 0 saturated heterocycles. The predicted molar refractivity (Wildman–Crippen MR) is 99.1 cm³/mol. The lowest BCUT2D eigenvalue weighted by Crippen LogP contribution is -2.13. The molecule has 0 unspecified atom stereocenters. The second-order valence-corrected chi connectivity index (χ2v) is 7.01. The van der Waals surface area contributed by atoms with Gasteiger partial charge in [0.05, 0.1) is 5.69 Å². The third kappa shape index (κ3) is 3.77. The highest BCUT2D eigenvalue weighted by Crippen LogP contribution is 2.34. The van der Waals surface area contributed by atoms with E-state index in [1.54, 1.807) is 0 Å². The normalized spacial score (nSPS) is 12.2. The smallest absolute Gasteiger partial charge is 0.131 e. The molecule has 0 heterocycles. The van der Waals surface area contributed by atoms with Gasteiger partial charge in [0.2, 0.25) is 0 Å². The summed E-state index contributed by atoms with van der Waals surface area (Å²) in [4.78, 5) is 4.78. The molecule has 0 atom stereocenters. The molecule has 0 saturated carbocycles. The van der Waals surface area contributed by atoms with Crippen LogP contribution < -0.4 is 5.73 Å². The summed E-state index contributed by atoms with van der Waals surface area (Å²) < 4.78 is 1.04. The molecule has 0 radical (unpaired) electrons. The van der Waals surface area contributed by atoms with Crippen LogP contribution in [0, 0.1) is 0 Å². The first kappa shape index (κ1) is 16.8. The minimum absolute atomic E-state index is 0.412. The van der Waals surface area contributed by atoms with Crippen LogP contribution in [0.4, 0.5) is 5.69 Å². The molecule has 0 aliphatic heterocycles. The summed E-state index contributed by atoms with van der Waals surface area (Å²) >= 11 is 3.44. The molecule has 2 aromatic rings. The summed E-state index contributed by atoms with van der Waals surface area (Å²) in [7, 11) is 0. The van der Waals surface area contributed by atoms with Crippen LogP contribution >= 0.6 is 15.9 Å². The van der Waals surface area contributed by atoms with Crippen LogP contribution in [0.25, 0.3) is 0 Å². The van der Waals surface area contributed by atoms with Gasteiger partial charge in [-0.05, 0) is 35.1 Å². The van der Waals surface area contributed by atoms with Gasteiger partial charge in [0.1, 0.15) is 5.84 Å². The van der Waals surface area contributed by atoms with E-state index in [-0.39, 0.29) is 0 Å². The van der Waals surface area contributed by atoms with Crippen molar-refractivity contribution < 1.29 is 0 Å². The Bertz CT molecular complexity index is 644. The van der Waals surface area contributed by atoms with Crippen LogP contribution in [0.15, 0.2) is 51.9 Å². The Morgan fingerprint density at radius 2 is 1.41 bits per heavy atom. The van der Waals surface area contributed by atoms with Gasteiger partial charge in [0, 0.05) is 10.0 Å². The van der Waals surface area contributed by atoms with Crippen molar-refractivity contribution in [1.82, 2.24) is 0 Å². The third-order valence-electron chi connectivity index (χ3n) is 3.71. The molecule has 0 aliphatic rings. The van der Waals surface area contributed by atoms with Crippen LogP contribution in [0.5, 0.6) is 0 Å². The summed E-state index contributed by atoms with van der Waals surface area (Å²) in [6.45, 7) is 8.76. The minimum Gasteiger partial charge on any atom is -0.383 e. The molecule has 0 spiro atoms. The van der Waals surface area contributed by atoms with Crippen molar-refractivity contribution in [2.75, 3.05) is 0 Å². The van der Waals surface area contributed by atoms with Gasteiger partial charge in [-0.15, -0.1) is 0 Å². The van der Waals surface area contributed by atoms with Crippen molar-refractivity contribution in [3.63, 3.8) is 0 Å². The highest BCUT2D eigenvalue weighted by atomic mass is 79.9. The Hall–Kier alpha value is -1.61. The van der Waals surface area contributed by atoms with Crippen molar-refractivity contribution >= 4 is 27.5 Å². The van der Waals surface area contributed by atoms with Crippen LogP contribution in [-0.4, -0.2) is 5.84 Å². The average molecular weight is 359 g/mol. The van der Waals surface area contributed by atoms with E-state index in [9.17, 15) is 0 Å². The van der Waals surface area contributed by atoms with Crippen molar-refractivity contribution in [2.45, 2.75) is 39.5 Å². The number of para-hydroxylation sites is 1. The Morgan fingerprint density at radius 1 is 0.909 bits per heavy atom. The number of hydrogen-bond donors (Lipinski definition) is 1. The summed E-state index contributed by atoms with van der Waals surface area (Å²) in [6.07, 6.45) is 0. The van der Waals surface area contributed by atoms with E-state index in [4.69, 9.17) is 10.7 Å². The molecule has 2 nitrogen and oxygen atoms in total. The van der Waals surface area contributed by atoms with Crippen molar-refractivity contribution in [1.29, 1.82) is 0 Å². The lowest BCUT2D eigenvalue weighted by atomic mass is 9.93. The fraction of sp³-hybridized carbons (Fsp3) is 0.316. The molecule has 3 heteroatoms. The van der Waals surface area contributed by atoms with Crippen LogP contribution in [0.2, 0.25) is 0 Å². The summed E-state index contributed by atoms with van der Waals surface area (Å²) in [5, 5.41) is 0. The molecule has 0 fully saturated rings. The van der Waals surface area contributed by atoms with Crippen molar-refractivity contribution in [2.24, 2.45) is 10.7 Å². The van der Waals surface area contributed by atoms with E-state index in [1.807, 2.05) is 24.3 Å². The Labute approximate surface area is 141 Å². The van der Waals surface area contributed by atoms with E-state index >= 15 is 0 Å². The van der Waals surface area contributed by atoms with E-state index in [0.717, 1.165) is 15.7 Å². The van der Waals surface area contributed by atoms with E-state index in [0.29, 0.717) is 17.7 Å². The maximum absolute atomic E-state index is 6.25. The quantitative estimate of drug-likeness (QED) is 0.549. The number of nitrogens with zero attached hydrogens (tertiary/aromatic N) is 1. The lowest BCUT2D eigenvalue weighted by molar-refractivity contribution is 0.834. The first-order valence-corrected chi connectivity index (χ1v) is 8.42. The molecule has 116 valence electrons. The first-order chi connectivity index (χ1) is 10.4. The highest BCUT2D eigenvalue weighted by molar-refractivity contribution is 9.10. The molecule has 0 aliphatic carbocycles. The summed E-state index contributed by atoms with van der Waals surface area (Å²) in [5.74, 6) is 1.38. The number of aliphatic imine (C=N–C) groups is 1. The maximum Gasteiger partial charge on any atom is 0.131 e. The average Bonchev–Trinajstić information content (AvgIpc) is 2.47. The first-order valence-electron chi connectivity index (χ1n) is 7.63. The highest BCUT2D eigenvalue weighted by Gasteiger charge is 2.13. The molecule has 2 N–H and O–H groups in total. The van der Waals surface area contributed by atoms with Gasteiger partial charge in [0.25, 0.3) is 0 Å². The number of halogens is 1. The van der Waals surface area contributed by atoms with Gasteiger partial charge in [0.15, 0.2) is 0 Å². The lowest BCUT2D eigenvalue weighted by Gasteiger charge is -2.17. The number of benzene rings is 2. The third-order valence-corrected chi connectivity index (χ3v) is 4.24. The van der Waals surface area contributed by atoms with E-state index in [1.165, 1.54) is 11.1 Å². The monoisotopic (exact) mass is 358 g/mol. The van der Waals surface area contributed by atoms with Gasteiger partial charge in [-0.3, -0.25) is 0 Å². The molecule has 2 aromatic carbocycles. The maximum atomic E-state index is 6.25. The van der Waals surface area contributed by atoms with Crippen molar-refractivity contribution in [3.8, 4) is 0 Å². The molecule has 22 heavy (non-hydrogen) atoms. The van der Waals surface area contributed by atoms with Crippen molar-refractivity contribution in [3.05, 3.63) is 63.6 Å². The Kier molecular flexibility index (Phi) is 5.41. The Morgan fingerprint density at radius 3 is 1.86 bits per heavy atom. The van der Waals surface area contributed by atoms with Gasteiger partial charge in [-0.1, -0.05) is 74.0 Å². The van der Waals surface area contributed by atoms with Gasteiger partial charge in [-0.2, -0.15) is 0 Å².